The van der Waals surface area contributed by atoms with Gasteiger partial charge in [-0.3, -0.25) is 0 Å². The number of rotatable bonds is 4. The molecule has 2 aromatic heterocycles. The summed E-state index contributed by atoms with van der Waals surface area (Å²) in [5.74, 6) is 0.843. The Bertz CT molecular complexity index is 956. The van der Waals surface area contributed by atoms with Gasteiger partial charge in [-0.15, -0.1) is 0 Å². The molecule has 0 saturated heterocycles. The lowest BCUT2D eigenvalue weighted by molar-refractivity contribution is -0.147. The molecule has 0 saturated carbocycles. The maximum Gasteiger partial charge on any atom is 0.333 e. The first-order valence-electron chi connectivity index (χ1n) is 12.7. The van der Waals surface area contributed by atoms with Gasteiger partial charge in [0.1, 0.15) is 23.7 Å². The molecule has 0 fully saturated rings. The van der Waals surface area contributed by atoms with Crippen molar-refractivity contribution in [3.05, 3.63) is 60.0 Å². The van der Waals surface area contributed by atoms with Crippen LogP contribution in [0.4, 0.5) is 0 Å². The van der Waals surface area contributed by atoms with Gasteiger partial charge in [0.2, 0.25) is 0 Å². The molecule has 0 bridgehead atoms. The minimum atomic E-state index is -0.384. The van der Waals surface area contributed by atoms with Gasteiger partial charge >= 0.3 is 11.9 Å². The van der Waals surface area contributed by atoms with E-state index in [9.17, 15) is 9.59 Å². The summed E-state index contributed by atoms with van der Waals surface area (Å²) < 4.78 is 22.8. The fourth-order valence-electron chi connectivity index (χ4n) is 4.86. The fraction of sp³-hybridized carbons (Fsp3) is 0.571. The normalized spacial score (nSPS) is 32.1. The molecule has 8 nitrogen and oxygen atoms in total. The molecular weight excluding hydrogens is 460 g/mol. The number of hydrogen-bond donors (Lipinski definition) is 0. The number of nitrogens with zero attached hydrogens (tertiary/aromatic N) is 2. The molecule has 0 N–H and O–H groups in total. The molecule has 0 radical (unpaired) electrons. The van der Waals surface area contributed by atoms with E-state index in [-0.39, 0.29) is 47.8 Å². The van der Waals surface area contributed by atoms with E-state index in [1.54, 1.807) is 26.2 Å². The summed E-state index contributed by atoms with van der Waals surface area (Å²) in [6.07, 6.45) is 11.4. The average Bonchev–Trinajstić information content (AvgIpc) is 3.51. The third kappa shape index (κ3) is 7.93. The van der Waals surface area contributed by atoms with Crippen LogP contribution in [-0.4, -0.2) is 34.1 Å². The number of hydrogen-bond acceptors (Lipinski definition) is 8. The van der Waals surface area contributed by atoms with Crippen molar-refractivity contribution in [2.75, 3.05) is 0 Å². The van der Waals surface area contributed by atoms with Crippen LogP contribution in [0.3, 0.4) is 0 Å². The van der Waals surface area contributed by atoms with Gasteiger partial charge in [-0.25, -0.2) is 19.6 Å². The number of carbonyl (C=O) groups is 2. The molecule has 1 aliphatic rings. The maximum absolute atomic E-state index is 13.0. The highest BCUT2D eigenvalue weighted by molar-refractivity contribution is 5.88. The standard InChI is InChI=1S/C28H38N2O6/c1-17-7-19(3)25(11-23-13-29-15-33-23)35-28(32)22(6)10-18(2)8-20(4)26(12-24-14-30-16-34-24)36-27(31)21(5)9-17/h9-10,13-20,25-26H,7-8,11-12H2,1-6H3/b21-9-,22-10-/t17-,18+,19-,20-,25-,26-/m0/s1. The topological polar surface area (TPSA) is 105 Å². The van der Waals surface area contributed by atoms with Crippen LogP contribution in [0.1, 0.15) is 65.9 Å². The summed E-state index contributed by atoms with van der Waals surface area (Å²) >= 11 is 0. The van der Waals surface area contributed by atoms with Crippen LogP contribution < -0.4 is 0 Å². The van der Waals surface area contributed by atoms with Crippen molar-refractivity contribution in [1.29, 1.82) is 0 Å². The second-order valence-corrected chi connectivity index (χ2v) is 10.3. The van der Waals surface area contributed by atoms with Gasteiger partial charge in [-0.1, -0.05) is 39.8 Å². The molecule has 0 spiro atoms. The summed E-state index contributed by atoms with van der Waals surface area (Å²) in [5, 5.41) is 0. The van der Waals surface area contributed by atoms with Gasteiger partial charge < -0.3 is 18.3 Å². The Morgan fingerprint density at radius 3 is 1.44 bits per heavy atom. The van der Waals surface area contributed by atoms with E-state index in [1.165, 1.54) is 12.8 Å². The first-order valence-corrected chi connectivity index (χ1v) is 12.7. The Morgan fingerprint density at radius 2 is 1.11 bits per heavy atom. The second-order valence-electron chi connectivity index (χ2n) is 10.3. The van der Waals surface area contributed by atoms with Crippen LogP contribution in [0.25, 0.3) is 0 Å². The number of carbonyl (C=O) groups excluding carboxylic acids is 2. The second kappa shape index (κ2) is 12.7. The van der Waals surface area contributed by atoms with Crippen molar-refractivity contribution in [3.63, 3.8) is 0 Å². The Balaban J connectivity index is 1.87. The predicted octanol–water partition coefficient (Wildman–Crippen LogP) is 5.50. The first-order chi connectivity index (χ1) is 17.1. The quantitative estimate of drug-likeness (QED) is 0.509. The lowest BCUT2D eigenvalue weighted by Crippen LogP contribution is -2.30. The molecule has 0 amide bonds. The van der Waals surface area contributed by atoms with Crippen LogP contribution in [-0.2, 0) is 31.9 Å². The average molecular weight is 499 g/mol. The molecular formula is C28H38N2O6. The van der Waals surface area contributed by atoms with Crippen molar-refractivity contribution in [3.8, 4) is 0 Å². The zero-order valence-corrected chi connectivity index (χ0v) is 22.1. The van der Waals surface area contributed by atoms with E-state index < -0.39 is 0 Å². The highest BCUT2D eigenvalue weighted by Crippen LogP contribution is 2.27. The summed E-state index contributed by atoms with van der Waals surface area (Å²) in [6, 6.07) is 0. The molecule has 0 aromatic carbocycles. The first kappa shape index (κ1) is 27.4. The van der Waals surface area contributed by atoms with Crippen molar-refractivity contribution < 1.29 is 27.9 Å². The molecule has 36 heavy (non-hydrogen) atoms. The van der Waals surface area contributed by atoms with E-state index in [4.69, 9.17) is 18.3 Å². The van der Waals surface area contributed by atoms with Gasteiger partial charge in [0.15, 0.2) is 12.8 Å². The minimum absolute atomic E-state index is 0.0199. The Kier molecular flexibility index (Phi) is 9.67. The monoisotopic (exact) mass is 498 g/mol. The third-order valence-electron chi connectivity index (χ3n) is 6.76. The maximum atomic E-state index is 13.0. The number of esters is 2. The number of allylic oxidation sites excluding steroid dienone is 2. The molecule has 3 rings (SSSR count). The van der Waals surface area contributed by atoms with Crippen LogP contribution in [0.2, 0.25) is 0 Å². The molecule has 1 aliphatic heterocycles. The molecule has 0 unspecified atom stereocenters. The summed E-state index contributed by atoms with van der Waals surface area (Å²) in [7, 11) is 0. The predicted molar refractivity (Wildman–Crippen MR) is 134 cm³/mol. The summed E-state index contributed by atoms with van der Waals surface area (Å²) in [6.45, 7) is 11.8. The summed E-state index contributed by atoms with van der Waals surface area (Å²) in [4.78, 5) is 34.0. The fourth-order valence-corrected chi connectivity index (χ4v) is 4.86. The Morgan fingerprint density at radius 1 is 0.722 bits per heavy atom. The SMILES string of the molecule is C/C1=C/[C@H](C)C[C@H](C)[C@H](Cc2cnco2)OC(=O)/C(C)=C\[C@@H](C)C[C@H](C)[C@H](Cc2cnco2)OC1=O. The molecule has 2 aromatic rings. The number of cyclic esters (lactones) is 2. The van der Waals surface area contributed by atoms with E-state index in [1.807, 2.05) is 39.8 Å². The number of oxazole rings is 2. The van der Waals surface area contributed by atoms with Gasteiger partial charge in [0.25, 0.3) is 0 Å². The van der Waals surface area contributed by atoms with E-state index in [2.05, 4.69) is 9.97 Å². The van der Waals surface area contributed by atoms with Crippen molar-refractivity contribution in [2.45, 2.75) is 79.4 Å². The highest BCUT2D eigenvalue weighted by Gasteiger charge is 2.28. The van der Waals surface area contributed by atoms with Crippen LogP contribution in [0.5, 0.6) is 0 Å². The van der Waals surface area contributed by atoms with Gasteiger partial charge in [0, 0.05) is 24.0 Å². The zero-order chi connectivity index (χ0) is 26.2. The lowest BCUT2D eigenvalue weighted by atomic mass is 9.88. The van der Waals surface area contributed by atoms with Gasteiger partial charge in [-0.2, -0.15) is 0 Å². The van der Waals surface area contributed by atoms with Gasteiger partial charge in [-0.05, 0) is 50.4 Å². The molecule has 0 aliphatic carbocycles. The highest BCUT2D eigenvalue weighted by atomic mass is 16.5. The van der Waals surface area contributed by atoms with Crippen molar-refractivity contribution in [1.82, 2.24) is 9.97 Å². The Hall–Kier alpha value is -3.16. The van der Waals surface area contributed by atoms with Crippen LogP contribution >= 0.6 is 0 Å². The van der Waals surface area contributed by atoms with Gasteiger partial charge in [0.05, 0.1) is 12.4 Å². The smallest absolute Gasteiger partial charge is 0.333 e. The molecule has 8 heteroatoms. The molecule has 6 atom stereocenters. The Labute approximate surface area is 213 Å². The van der Waals surface area contributed by atoms with E-state index in [0.717, 1.165) is 0 Å². The summed E-state index contributed by atoms with van der Waals surface area (Å²) in [5.41, 5.74) is 1.12. The number of aromatic nitrogens is 2. The lowest BCUT2D eigenvalue weighted by Gasteiger charge is -2.27. The van der Waals surface area contributed by atoms with Crippen LogP contribution in [0.15, 0.2) is 57.3 Å². The van der Waals surface area contributed by atoms with E-state index >= 15 is 0 Å². The van der Waals surface area contributed by atoms with Crippen LogP contribution in [0, 0.1) is 23.7 Å². The van der Waals surface area contributed by atoms with Crippen molar-refractivity contribution >= 4 is 11.9 Å². The number of ether oxygens (including phenoxy) is 2. The third-order valence-corrected chi connectivity index (χ3v) is 6.76. The van der Waals surface area contributed by atoms with E-state index in [0.29, 0.717) is 48.3 Å². The van der Waals surface area contributed by atoms with Crippen molar-refractivity contribution in [2.24, 2.45) is 23.7 Å². The molecule has 196 valence electrons. The molecule has 3 heterocycles. The largest absolute Gasteiger partial charge is 0.458 e. The zero-order valence-electron chi connectivity index (χ0n) is 22.1. The minimum Gasteiger partial charge on any atom is -0.458 e.